The third-order valence-electron chi connectivity index (χ3n) is 4.91. The normalized spacial score (nSPS) is 17.2. The van der Waals surface area contributed by atoms with Crippen LogP contribution >= 0.6 is 0 Å². The molecule has 132 valence electrons. The van der Waals surface area contributed by atoms with Crippen LogP contribution in [0.4, 0.5) is 0 Å². The van der Waals surface area contributed by atoms with Gasteiger partial charge < -0.3 is 10.4 Å². The van der Waals surface area contributed by atoms with E-state index in [1.807, 2.05) is 43.3 Å². The Kier molecular flexibility index (Phi) is 5.46. The van der Waals surface area contributed by atoms with E-state index in [1.54, 1.807) is 12.4 Å². The zero-order valence-electron chi connectivity index (χ0n) is 14.6. The SMILES string of the molecule is Cc1ccccc1C1(O)CCN(CC(=O)NCc2cccnc2)CC1. The molecule has 1 aromatic heterocycles. The molecule has 0 radical (unpaired) electrons. The van der Waals surface area contributed by atoms with Crippen molar-refractivity contribution in [3.63, 3.8) is 0 Å². The fraction of sp³-hybridized carbons (Fsp3) is 0.400. The monoisotopic (exact) mass is 339 g/mol. The molecule has 1 aliphatic heterocycles. The summed E-state index contributed by atoms with van der Waals surface area (Å²) in [5.74, 6) is 0.00480. The van der Waals surface area contributed by atoms with Gasteiger partial charge in [-0.05, 0) is 42.5 Å². The van der Waals surface area contributed by atoms with Gasteiger partial charge in [-0.2, -0.15) is 0 Å². The highest BCUT2D eigenvalue weighted by molar-refractivity contribution is 5.78. The molecule has 2 N–H and O–H groups in total. The lowest BCUT2D eigenvalue weighted by atomic mass is 9.82. The summed E-state index contributed by atoms with van der Waals surface area (Å²) in [4.78, 5) is 18.3. The number of carbonyl (C=O) groups excluding carboxylic acids is 1. The standard InChI is InChI=1S/C20H25N3O2/c1-16-5-2-3-7-18(16)20(25)8-11-23(12-9-20)15-19(24)22-14-17-6-4-10-21-13-17/h2-7,10,13,25H,8-9,11-12,14-15H2,1H3,(H,22,24). The number of amides is 1. The van der Waals surface area contributed by atoms with E-state index in [-0.39, 0.29) is 5.91 Å². The molecular formula is C20H25N3O2. The van der Waals surface area contributed by atoms with Crippen LogP contribution in [0.3, 0.4) is 0 Å². The van der Waals surface area contributed by atoms with Crippen LogP contribution in [0.5, 0.6) is 0 Å². The van der Waals surface area contributed by atoms with Crippen molar-refractivity contribution >= 4 is 5.91 Å². The third-order valence-corrected chi connectivity index (χ3v) is 4.91. The maximum Gasteiger partial charge on any atom is 0.234 e. The van der Waals surface area contributed by atoms with Crippen molar-refractivity contribution in [2.45, 2.75) is 31.9 Å². The van der Waals surface area contributed by atoms with E-state index in [9.17, 15) is 9.90 Å². The van der Waals surface area contributed by atoms with Crippen molar-refractivity contribution < 1.29 is 9.90 Å². The number of likely N-dealkylation sites (tertiary alicyclic amines) is 1. The Morgan fingerprint density at radius 3 is 2.68 bits per heavy atom. The zero-order valence-corrected chi connectivity index (χ0v) is 14.6. The average molecular weight is 339 g/mol. The number of aryl methyl sites for hydroxylation is 1. The molecule has 25 heavy (non-hydrogen) atoms. The van der Waals surface area contributed by atoms with Crippen LogP contribution in [0.1, 0.15) is 29.5 Å². The highest BCUT2D eigenvalue weighted by Gasteiger charge is 2.35. The molecule has 2 heterocycles. The lowest BCUT2D eigenvalue weighted by Gasteiger charge is -2.39. The molecule has 0 spiro atoms. The van der Waals surface area contributed by atoms with E-state index in [4.69, 9.17) is 0 Å². The molecule has 3 rings (SSSR count). The Morgan fingerprint density at radius 2 is 2.00 bits per heavy atom. The maximum atomic E-state index is 12.1. The predicted octanol–water partition coefficient (Wildman–Crippen LogP) is 1.99. The number of aliphatic hydroxyl groups is 1. The van der Waals surface area contributed by atoms with Gasteiger partial charge in [0.1, 0.15) is 0 Å². The highest BCUT2D eigenvalue weighted by atomic mass is 16.3. The van der Waals surface area contributed by atoms with Crippen molar-refractivity contribution in [2.75, 3.05) is 19.6 Å². The highest BCUT2D eigenvalue weighted by Crippen LogP contribution is 2.34. The fourth-order valence-electron chi connectivity index (χ4n) is 3.41. The van der Waals surface area contributed by atoms with Crippen LogP contribution in [-0.2, 0) is 16.9 Å². The second kappa shape index (κ2) is 7.76. The minimum Gasteiger partial charge on any atom is -0.385 e. The van der Waals surface area contributed by atoms with Gasteiger partial charge in [0.05, 0.1) is 12.1 Å². The summed E-state index contributed by atoms with van der Waals surface area (Å²) in [5, 5.41) is 13.9. The van der Waals surface area contributed by atoms with E-state index in [0.717, 1.165) is 16.7 Å². The molecular weight excluding hydrogens is 314 g/mol. The second-order valence-electron chi connectivity index (χ2n) is 6.76. The van der Waals surface area contributed by atoms with Gasteiger partial charge in [0.15, 0.2) is 0 Å². The van der Waals surface area contributed by atoms with Gasteiger partial charge in [-0.15, -0.1) is 0 Å². The number of benzene rings is 1. The first-order valence-electron chi connectivity index (χ1n) is 8.73. The minimum atomic E-state index is -0.784. The molecule has 0 unspecified atom stereocenters. The van der Waals surface area contributed by atoms with Crippen LogP contribution in [0.2, 0.25) is 0 Å². The summed E-state index contributed by atoms with van der Waals surface area (Å²) in [5.41, 5.74) is 2.33. The Balaban J connectivity index is 1.49. The molecule has 0 saturated carbocycles. The molecule has 0 aliphatic carbocycles. The molecule has 1 fully saturated rings. The number of aromatic nitrogens is 1. The minimum absolute atomic E-state index is 0.00480. The lowest BCUT2D eigenvalue weighted by molar-refractivity contribution is -0.123. The Hall–Kier alpha value is -2.24. The van der Waals surface area contributed by atoms with Crippen LogP contribution in [0.15, 0.2) is 48.8 Å². The first kappa shape index (κ1) is 17.6. The number of piperidine rings is 1. The van der Waals surface area contributed by atoms with Crippen LogP contribution in [0, 0.1) is 6.92 Å². The molecule has 5 heteroatoms. The van der Waals surface area contributed by atoms with Crippen LogP contribution in [0.25, 0.3) is 0 Å². The van der Waals surface area contributed by atoms with Gasteiger partial charge >= 0.3 is 0 Å². The van der Waals surface area contributed by atoms with Crippen molar-refractivity contribution in [1.82, 2.24) is 15.2 Å². The quantitative estimate of drug-likeness (QED) is 0.874. The summed E-state index contributed by atoms with van der Waals surface area (Å²) < 4.78 is 0. The van der Waals surface area contributed by atoms with Crippen molar-refractivity contribution in [1.29, 1.82) is 0 Å². The average Bonchev–Trinajstić information content (AvgIpc) is 2.63. The smallest absolute Gasteiger partial charge is 0.234 e. The number of rotatable bonds is 5. The Labute approximate surface area is 148 Å². The molecule has 1 aliphatic rings. The predicted molar refractivity (Wildman–Crippen MR) is 96.8 cm³/mol. The summed E-state index contributed by atoms with van der Waals surface area (Å²) >= 11 is 0. The number of hydrogen-bond donors (Lipinski definition) is 2. The van der Waals surface area contributed by atoms with Crippen molar-refractivity contribution in [3.8, 4) is 0 Å². The Morgan fingerprint density at radius 1 is 1.24 bits per heavy atom. The van der Waals surface area contributed by atoms with Crippen LogP contribution in [-0.4, -0.2) is 40.5 Å². The van der Waals surface area contributed by atoms with E-state index in [0.29, 0.717) is 39.0 Å². The molecule has 1 saturated heterocycles. The largest absolute Gasteiger partial charge is 0.385 e. The summed E-state index contributed by atoms with van der Waals surface area (Å²) in [6.45, 7) is 4.32. The first-order valence-corrected chi connectivity index (χ1v) is 8.73. The third kappa shape index (κ3) is 4.44. The van der Waals surface area contributed by atoms with Gasteiger partial charge in [-0.3, -0.25) is 14.7 Å². The van der Waals surface area contributed by atoms with Gasteiger partial charge in [-0.1, -0.05) is 30.3 Å². The molecule has 5 nitrogen and oxygen atoms in total. The van der Waals surface area contributed by atoms with Gasteiger partial charge in [0.2, 0.25) is 5.91 Å². The molecule has 0 atom stereocenters. The molecule has 1 amide bonds. The zero-order chi connectivity index (χ0) is 17.7. The second-order valence-corrected chi connectivity index (χ2v) is 6.76. The van der Waals surface area contributed by atoms with E-state index < -0.39 is 5.60 Å². The van der Waals surface area contributed by atoms with Gasteiger partial charge in [0.25, 0.3) is 0 Å². The summed E-state index contributed by atoms with van der Waals surface area (Å²) in [6.07, 6.45) is 4.76. The molecule has 2 aromatic rings. The fourth-order valence-corrected chi connectivity index (χ4v) is 3.41. The summed E-state index contributed by atoms with van der Waals surface area (Å²) in [6, 6.07) is 11.8. The number of hydrogen-bond acceptors (Lipinski definition) is 4. The lowest BCUT2D eigenvalue weighted by Crippen LogP contribution is -2.46. The van der Waals surface area contributed by atoms with Gasteiger partial charge in [0, 0.05) is 32.0 Å². The number of nitrogens with one attached hydrogen (secondary N) is 1. The molecule has 0 bridgehead atoms. The number of nitrogens with zero attached hydrogens (tertiary/aromatic N) is 2. The number of pyridine rings is 1. The van der Waals surface area contributed by atoms with E-state index in [1.165, 1.54) is 0 Å². The van der Waals surface area contributed by atoms with Crippen molar-refractivity contribution in [3.05, 3.63) is 65.5 Å². The topological polar surface area (TPSA) is 65.5 Å². The van der Waals surface area contributed by atoms with Crippen LogP contribution < -0.4 is 5.32 Å². The van der Waals surface area contributed by atoms with Crippen molar-refractivity contribution in [2.24, 2.45) is 0 Å². The summed E-state index contributed by atoms with van der Waals surface area (Å²) in [7, 11) is 0. The maximum absolute atomic E-state index is 12.1. The Bertz CT molecular complexity index is 710. The first-order chi connectivity index (χ1) is 12.1. The van der Waals surface area contributed by atoms with E-state index >= 15 is 0 Å². The van der Waals surface area contributed by atoms with E-state index in [2.05, 4.69) is 15.2 Å². The number of carbonyl (C=O) groups is 1. The van der Waals surface area contributed by atoms with Gasteiger partial charge in [-0.25, -0.2) is 0 Å². The molecule has 1 aromatic carbocycles.